The lowest BCUT2D eigenvalue weighted by Crippen LogP contribution is -2.11. The standard InChI is InChI=1S/C21H16FN3O2S2/c1-12-18(29-20(23-12)13-6-4-3-5-7-13)19(26)25-21-24-16(11-28-21)14-8-9-17(27-2)15(22)10-14/h3-11H,1-2H3,(H,24,25,26). The molecule has 0 unspecified atom stereocenters. The van der Waals surface area contributed by atoms with Crippen molar-refractivity contribution < 1.29 is 13.9 Å². The highest BCUT2D eigenvalue weighted by atomic mass is 32.1. The molecular formula is C21H16FN3O2S2. The molecule has 146 valence electrons. The predicted molar refractivity (Wildman–Crippen MR) is 114 cm³/mol. The summed E-state index contributed by atoms with van der Waals surface area (Å²) in [6, 6.07) is 14.4. The monoisotopic (exact) mass is 425 g/mol. The van der Waals surface area contributed by atoms with Crippen LogP contribution < -0.4 is 10.1 Å². The third kappa shape index (κ3) is 4.03. The molecule has 0 radical (unpaired) electrons. The van der Waals surface area contributed by atoms with Crippen LogP contribution in [0.15, 0.2) is 53.9 Å². The zero-order valence-electron chi connectivity index (χ0n) is 15.6. The van der Waals surface area contributed by atoms with Crippen molar-refractivity contribution in [3.8, 4) is 27.6 Å². The number of nitrogens with zero attached hydrogens (tertiary/aromatic N) is 2. The van der Waals surface area contributed by atoms with E-state index in [-0.39, 0.29) is 11.7 Å². The van der Waals surface area contributed by atoms with Crippen molar-refractivity contribution in [1.29, 1.82) is 0 Å². The summed E-state index contributed by atoms with van der Waals surface area (Å²) in [4.78, 5) is 22.2. The van der Waals surface area contributed by atoms with Crippen LogP contribution in [0.1, 0.15) is 15.4 Å². The summed E-state index contributed by atoms with van der Waals surface area (Å²) >= 11 is 2.62. The Morgan fingerprint density at radius 1 is 1.10 bits per heavy atom. The SMILES string of the molecule is COc1ccc(-c2csc(NC(=O)c3sc(-c4ccccc4)nc3C)n2)cc1F. The van der Waals surface area contributed by atoms with Crippen molar-refractivity contribution >= 4 is 33.7 Å². The maximum atomic E-state index is 13.9. The number of amides is 1. The van der Waals surface area contributed by atoms with E-state index in [0.717, 1.165) is 10.6 Å². The number of aryl methyl sites for hydroxylation is 1. The minimum Gasteiger partial charge on any atom is -0.494 e. The number of rotatable bonds is 5. The number of halogens is 1. The molecule has 0 fully saturated rings. The molecule has 0 atom stereocenters. The van der Waals surface area contributed by atoms with Gasteiger partial charge in [0.05, 0.1) is 18.5 Å². The normalized spacial score (nSPS) is 10.7. The topological polar surface area (TPSA) is 64.1 Å². The zero-order valence-corrected chi connectivity index (χ0v) is 17.2. The van der Waals surface area contributed by atoms with Crippen LogP contribution in [0, 0.1) is 12.7 Å². The lowest BCUT2D eigenvalue weighted by molar-refractivity contribution is 0.103. The lowest BCUT2D eigenvalue weighted by Gasteiger charge is -2.03. The molecule has 5 nitrogen and oxygen atoms in total. The molecule has 0 aliphatic carbocycles. The minimum absolute atomic E-state index is 0.174. The molecular weight excluding hydrogens is 409 g/mol. The van der Waals surface area contributed by atoms with Gasteiger partial charge in [-0.25, -0.2) is 14.4 Å². The summed E-state index contributed by atoms with van der Waals surface area (Å²) in [7, 11) is 1.42. The molecule has 2 aromatic carbocycles. The first-order valence-electron chi connectivity index (χ1n) is 8.69. The van der Waals surface area contributed by atoms with Gasteiger partial charge in [0.15, 0.2) is 16.7 Å². The number of nitrogens with one attached hydrogen (secondary N) is 1. The number of benzene rings is 2. The van der Waals surface area contributed by atoms with E-state index in [9.17, 15) is 9.18 Å². The van der Waals surface area contributed by atoms with Gasteiger partial charge in [-0.05, 0) is 25.1 Å². The molecule has 2 heterocycles. The molecule has 0 saturated heterocycles. The largest absolute Gasteiger partial charge is 0.494 e. The molecule has 0 bridgehead atoms. The summed E-state index contributed by atoms with van der Waals surface area (Å²) in [5, 5.41) is 5.81. The molecule has 2 aromatic heterocycles. The second-order valence-corrected chi connectivity index (χ2v) is 8.00. The highest BCUT2D eigenvalue weighted by molar-refractivity contribution is 7.17. The van der Waals surface area contributed by atoms with E-state index in [0.29, 0.717) is 27.0 Å². The Balaban J connectivity index is 1.53. The number of methoxy groups -OCH3 is 1. The van der Waals surface area contributed by atoms with Gasteiger partial charge in [-0.15, -0.1) is 22.7 Å². The summed E-state index contributed by atoms with van der Waals surface area (Å²) in [5.41, 5.74) is 2.83. The molecule has 0 aliphatic heterocycles. The highest BCUT2D eigenvalue weighted by Crippen LogP contribution is 2.31. The van der Waals surface area contributed by atoms with Gasteiger partial charge in [0.25, 0.3) is 5.91 Å². The Morgan fingerprint density at radius 2 is 1.90 bits per heavy atom. The van der Waals surface area contributed by atoms with E-state index >= 15 is 0 Å². The predicted octanol–water partition coefficient (Wildman–Crippen LogP) is 5.64. The van der Waals surface area contributed by atoms with Gasteiger partial charge in [-0.1, -0.05) is 30.3 Å². The van der Waals surface area contributed by atoms with Crippen molar-refractivity contribution in [2.45, 2.75) is 6.92 Å². The fourth-order valence-corrected chi connectivity index (χ4v) is 4.44. The summed E-state index contributed by atoms with van der Waals surface area (Å²) in [6.45, 7) is 1.81. The summed E-state index contributed by atoms with van der Waals surface area (Å²) < 4.78 is 18.9. The van der Waals surface area contributed by atoms with E-state index in [1.165, 1.54) is 35.8 Å². The average molecular weight is 426 g/mol. The van der Waals surface area contributed by atoms with E-state index < -0.39 is 5.82 Å². The third-order valence-electron chi connectivity index (χ3n) is 4.20. The van der Waals surface area contributed by atoms with Crippen LogP contribution in [-0.2, 0) is 0 Å². The van der Waals surface area contributed by atoms with E-state index in [2.05, 4.69) is 15.3 Å². The molecule has 4 aromatic rings. The fourth-order valence-electron chi connectivity index (χ4n) is 2.75. The average Bonchev–Trinajstić information content (AvgIpc) is 3.35. The molecule has 8 heteroatoms. The van der Waals surface area contributed by atoms with Crippen LogP contribution in [0.3, 0.4) is 0 Å². The second-order valence-electron chi connectivity index (χ2n) is 6.14. The van der Waals surface area contributed by atoms with Gasteiger partial charge in [0, 0.05) is 16.5 Å². The van der Waals surface area contributed by atoms with Crippen molar-refractivity contribution in [2.24, 2.45) is 0 Å². The van der Waals surface area contributed by atoms with Crippen LogP contribution in [-0.4, -0.2) is 23.0 Å². The summed E-state index contributed by atoms with van der Waals surface area (Å²) in [6.07, 6.45) is 0. The molecule has 0 spiro atoms. The van der Waals surface area contributed by atoms with Gasteiger partial charge in [0.1, 0.15) is 9.88 Å². The Morgan fingerprint density at radius 3 is 2.62 bits per heavy atom. The minimum atomic E-state index is -0.461. The molecule has 1 amide bonds. The van der Waals surface area contributed by atoms with Crippen molar-refractivity contribution in [3.05, 3.63) is 70.3 Å². The fraction of sp³-hybridized carbons (Fsp3) is 0.0952. The Bertz CT molecular complexity index is 1170. The first kappa shape index (κ1) is 19.2. The zero-order chi connectivity index (χ0) is 20.4. The quantitative estimate of drug-likeness (QED) is 0.449. The highest BCUT2D eigenvalue weighted by Gasteiger charge is 2.18. The third-order valence-corrected chi connectivity index (χ3v) is 6.16. The first-order chi connectivity index (χ1) is 14.0. The number of anilines is 1. The van der Waals surface area contributed by atoms with E-state index in [1.807, 2.05) is 37.3 Å². The van der Waals surface area contributed by atoms with Gasteiger partial charge < -0.3 is 4.74 Å². The van der Waals surface area contributed by atoms with E-state index in [4.69, 9.17) is 4.74 Å². The number of hydrogen-bond acceptors (Lipinski definition) is 6. The maximum absolute atomic E-state index is 13.9. The van der Waals surface area contributed by atoms with Gasteiger partial charge >= 0.3 is 0 Å². The van der Waals surface area contributed by atoms with Crippen molar-refractivity contribution in [2.75, 3.05) is 12.4 Å². The lowest BCUT2D eigenvalue weighted by atomic mass is 10.1. The van der Waals surface area contributed by atoms with Gasteiger partial charge in [0.2, 0.25) is 0 Å². The summed E-state index contributed by atoms with van der Waals surface area (Å²) in [5.74, 6) is -0.547. The van der Waals surface area contributed by atoms with Crippen LogP contribution in [0.5, 0.6) is 5.75 Å². The van der Waals surface area contributed by atoms with Crippen LogP contribution in [0.4, 0.5) is 9.52 Å². The molecule has 0 aliphatic rings. The van der Waals surface area contributed by atoms with Crippen LogP contribution in [0.25, 0.3) is 21.8 Å². The Kier molecular flexibility index (Phi) is 5.37. The van der Waals surface area contributed by atoms with E-state index in [1.54, 1.807) is 17.5 Å². The van der Waals surface area contributed by atoms with Crippen molar-refractivity contribution in [1.82, 2.24) is 9.97 Å². The number of ether oxygens (including phenoxy) is 1. The number of hydrogen-bond donors (Lipinski definition) is 1. The number of thiazole rings is 2. The molecule has 0 saturated carbocycles. The molecule has 4 rings (SSSR count). The number of carbonyl (C=O) groups is 1. The van der Waals surface area contributed by atoms with Crippen LogP contribution in [0.2, 0.25) is 0 Å². The maximum Gasteiger partial charge on any atom is 0.269 e. The molecule has 29 heavy (non-hydrogen) atoms. The molecule has 1 N–H and O–H groups in total. The Labute approximate surface area is 174 Å². The smallest absolute Gasteiger partial charge is 0.269 e. The van der Waals surface area contributed by atoms with Gasteiger partial charge in [-0.3, -0.25) is 10.1 Å². The Hall–Kier alpha value is -3.10. The number of aromatic nitrogens is 2. The van der Waals surface area contributed by atoms with Crippen LogP contribution >= 0.6 is 22.7 Å². The van der Waals surface area contributed by atoms with Crippen molar-refractivity contribution in [3.63, 3.8) is 0 Å². The second kappa shape index (κ2) is 8.10. The van der Waals surface area contributed by atoms with Gasteiger partial charge in [-0.2, -0.15) is 0 Å². The first-order valence-corrected chi connectivity index (χ1v) is 10.4. The number of carbonyl (C=O) groups excluding carboxylic acids is 1.